The summed E-state index contributed by atoms with van der Waals surface area (Å²) >= 11 is 4.70. The summed E-state index contributed by atoms with van der Waals surface area (Å²) < 4.78 is 1.26. The third kappa shape index (κ3) is 5.52. The minimum absolute atomic E-state index is 1.10. The van der Waals surface area contributed by atoms with Crippen molar-refractivity contribution in [3.63, 3.8) is 0 Å². The summed E-state index contributed by atoms with van der Waals surface area (Å²) in [5.41, 5.74) is 2.97. The molecule has 1 saturated carbocycles. The van der Waals surface area contributed by atoms with Crippen molar-refractivity contribution >= 4 is 34.4 Å². The third-order valence-electron chi connectivity index (χ3n) is 2.74. The van der Waals surface area contributed by atoms with Crippen LogP contribution >= 0.6 is 24.2 Å². The standard InChI is InChI=1S/C7H5NS.C6H12.H3NS/c1-2-4-7-6(3-1)8-5-9-7;1-2-4-6-5-3-1;1-2/h1-5H;1-6H2;2H,1H2. The lowest BCUT2D eigenvalue weighted by Crippen LogP contribution is -1.85. The highest BCUT2D eigenvalue weighted by atomic mass is 32.1. The van der Waals surface area contributed by atoms with Gasteiger partial charge in [0.2, 0.25) is 0 Å². The van der Waals surface area contributed by atoms with Crippen molar-refractivity contribution in [2.45, 2.75) is 38.5 Å². The normalized spacial score (nSPS) is 14.2. The van der Waals surface area contributed by atoms with Crippen LogP contribution in [0.4, 0.5) is 0 Å². The van der Waals surface area contributed by atoms with Gasteiger partial charge in [-0.25, -0.2) is 4.98 Å². The van der Waals surface area contributed by atoms with E-state index in [1.165, 1.54) is 43.2 Å². The number of nitrogens with two attached hydrogens (primary N) is 1. The quantitative estimate of drug-likeness (QED) is 0.694. The van der Waals surface area contributed by atoms with Crippen molar-refractivity contribution in [1.29, 1.82) is 0 Å². The van der Waals surface area contributed by atoms with E-state index < -0.39 is 0 Å². The molecule has 0 spiro atoms. The lowest BCUT2D eigenvalue weighted by molar-refractivity contribution is 0.504. The molecule has 94 valence electrons. The lowest BCUT2D eigenvalue weighted by atomic mass is 10.0. The number of benzene rings is 1. The van der Waals surface area contributed by atoms with Gasteiger partial charge in [-0.3, -0.25) is 5.14 Å². The van der Waals surface area contributed by atoms with Gasteiger partial charge in [0.25, 0.3) is 0 Å². The smallest absolute Gasteiger partial charge is 0.0812 e. The molecule has 2 aromatic rings. The molecular formula is C13H20N2S2. The maximum atomic E-state index is 4.19. The maximum Gasteiger partial charge on any atom is 0.0812 e. The molecule has 0 radical (unpaired) electrons. The molecule has 1 heterocycles. The largest absolute Gasteiger partial charge is 0.281 e. The number of hydrogen-bond acceptors (Lipinski definition) is 4. The molecule has 0 atom stereocenters. The monoisotopic (exact) mass is 268 g/mol. The van der Waals surface area contributed by atoms with Crippen LogP contribution in [0.2, 0.25) is 0 Å². The molecule has 1 aliphatic rings. The van der Waals surface area contributed by atoms with Crippen molar-refractivity contribution in [1.82, 2.24) is 4.98 Å². The van der Waals surface area contributed by atoms with Gasteiger partial charge in [0.15, 0.2) is 0 Å². The summed E-state index contributed by atoms with van der Waals surface area (Å²) in [6.45, 7) is 0. The Bertz CT molecular complexity index is 355. The Labute approximate surface area is 113 Å². The van der Waals surface area contributed by atoms with Gasteiger partial charge in [-0.1, -0.05) is 50.7 Å². The molecule has 0 bridgehead atoms. The van der Waals surface area contributed by atoms with Gasteiger partial charge >= 0.3 is 0 Å². The number of nitrogens with zero attached hydrogens (tertiary/aromatic N) is 1. The number of para-hydroxylation sites is 1. The second-order valence-corrected chi connectivity index (χ2v) is 4.83. The molecule has 2 nitrogen and oxygen atoms in total. The van der Waals surface area contributed by atoms with E-state index >= 15 is 0 Å². The van der Waals surface area contributed by atoms with Gasteiger partial charge in [0.05, 0.1) is 15.7 Å². The van der Waals surface area contributed by atoms with E-state index in [2.05, 4.69) is 29.0 Å². The lowest BCUT2D eigenvalue weighted by Gasteiger charge is -2.05. The summed E-state index contributed by atoms with van der Waals surface area (Å²) in [5, 5.41) is 4.19. The third-order valence-corrected chi connectivity index (χ3v) is 3.55. The van der Waals surface area contributed by atoms with Gasteiger partial charge < -0.3 is 0 Å². The number of hydrogen-bond donors (Lipinski definition) is 2. The summed E-state index contributed by atoms with van der Waals surface area (Å²) in [6.07, 6.45) is 9.00. The van der Waals surface area contributed by atoms with Crippen LogP contribution in [-0.4, -0.2) is 4.98 Å². The first-order valence-corrected chi connectivity index (χ1v) is 7.40. The Balaban J connectivity index is 0.000000158. The topological polar surface area (TPSA) is 38.9 Å². The molecule has 0 amide bonds. The van der Waals surface area contributed by atoms with Crippen LogP contribution in [0, 0.1) is 0 Å². The second-order valence-electron chi connectivity index (χ2n) is 3.94. The van der Waals surface area contributed by atoms with E-state index in [9.17, 15) is 0 Å². The van der Waals surface area contributed by atoms with Gasteiger partial charge in [-0.2, -0.15) is 0 Å². The molecule has 1 aliphatic carbocycles. The van der Waals surface area contributed by atoms with E-state index in [1.54, 1.807) is 11.3 Å². The fraction of sp³-hybridized carbons (Fsp3) is 0.462. The van der Waals surface area contributed by atoms with Crippen LogP contribution in [0.15, 0.2) is 29.8 Å². The van der Waals surface area contributed by atoms with Crippen molar-refractivity contribution in [3.8, 4) is 0 Å². The predicted octanol–water partition coefficient (Wildman–Crippen LogP) is 4.43. The molecule has 0 saturated heterocycles. The number of thiol groups is 1. The highest BCUT2D eigenvalue weighted by Crippen LogP contribution is 2.15. The first-order valence-electron chi connectivity index (χ1n) is 6.01. The molecule has 3 rings (SSSR count). The average molecular weight is 268 g/mol. The van der Waals surface area contributed by atoms with Crippen LogP contribution in [0.1, 0.15) is 38.5 Å². The summed E-state index contributed by atoms with van der Waals surface area (Å²) in [5.74, 6) is 0. The van der Waals surface area contributed by atoms with Gasteiger partial charge in [-0.05, 0) is 12.1 Å². The Hall–Kier alpha value is -0.580. The zero-order valence-corrected chi connectivity index (χ0v) is 11.7. The zero-order valence-electron chi connectivity index (χ0n) is 10.0. The molecule has 1 fully saturated rings. The molecule has 0 aliphatic heterocycles. The molecule has 4 heteroatoms. The predicted molar refractivity (Wildman–Crippen MR) is 80.5 cm³/mol. The van der Waals surface area contributed by atoms with Gasteiger partial charge in [0, 0.05) is 0 Å². The van der Waals surface area contributed by atoms with Crippen molar-refractivity contribution < 1.29 is 0 Å². The summed E-state index contributed by atoms with van der Waals surface area (Å²) in [7, 11) is 0. The highest BCUT2D eigenvalue weighted by molar-refractivity contribution is 7.77. The molecule has 0 unspecified atom stereocenters. The second kappa shape index (κ2) is 9.45. The van der Waals surface area contributed by atoms with E-state index in [0.717, 1.165) is 5.52 Å². The molecule has 1 aromatic heterocycles. The van der Waals surface area contributed by atoms with Crippen LogP contribution in [0.3, 0.4) is 0 Å². The minimum Gasteiger partial charge on any atom is -0.281 e. The molecule has 17 heavy (non-hydrogen) atoms. The zero-order chi connectivity index (χ0) is 12.3. The van der Waals surface area contributed by atoms with Gasteiger partial charge in [-0.15, -0.1) is 24.2 Å². The summed E-state index contributed by atoms with van der Waals surface area (Å²) in [4.78, 5) is 4.14. The molecule has 2 N–H and O–H groups in total. The van der Waals surface area contributed by atoms with E-state index in [0.29, 0.717) is 0 Å². The van der Waals surface area contributed by atoms with Crippen LogP contribution in [0.5, 0.6) is 0 Å². The Morgan fingerprint density at radius 2 is 1.47 bits per heavy atom. The minimum atomic E-state index is 1.10. The van der Waals surface area contributed by atoms with Crippen molar-refractivity contribution in [2.75, 3.05) is 0 Å². The van der Waals surface area contributed by atoms with E-state index in [4.69, 9.17) is 0 Å². The fourth-order valence-electron chi connectivity index (χ4n) is 1.86. The number of thiazole rings is 1. The Morgan fingerprint density at radius 3 is 2.00 bits per heavy atom. The molecular weight excluding hydrogens is 248 g/mol. The average Bonchev–Trinajstić information content (AvgIpc) is 2.92. The molecule has 1 aromatic carbocycles. The van der Waals surface area contributed by atoms with Crippen LogP contribution in [0.25, 0.3) is 10.2 Å². The van der Waals surface area contributed by atoms with Crippen molar-refractivity contribution in [3.05, 3.63) is 29.8 Å². The SMILES string of the molecule is C1CCCCC1.NS.c1ccc2scnc2c1. The Kier molecular flexibility index (Phi) is 8.05. The Morgan fingerprint density at radius 1 is 0.941 bits per heavy atom. The van der Waals surface area contributed by atoms with E-state index in [-0.39, 0.29) is 0 Å². The number of aromatic nitrogens is 1. The first-order chi connectivity index (χ1) is 8.47. The van der Waals surface area contributed by atoms with Crippen LogP contribution in [-0.2, 0) is 0 Å². The highest BCUT2D eigenvalue weighted by Gasteiger charge is 1.95. The summed E-state index contributed by atoms with van der Waals surface area (Å²) in [6, 6.07) is 8.13. The first kappa shape index (κ1) is 14.5. The van der Waals surface area contributed by atoms with Gasteiger partial charge in [0.1, 0.15) is 0 Å². The number of rotatable bonds is 0. The maximum absolute atomic E-state index is 4.19. The van der Waals surface area contributed by atoms with E-state index in [1.807, 2.05) is 23.7 Å². The number of fused-ring (bicyclic) bond motifs is 1. The fourth-order valence-corrected chi connectivity index (χ4v) is 2.54. The van der Waals surface area contributed by atoms with Crippen molar-refractivity contribution in [2.24, 2.45) is 5.14 Å². The van der Waals surface area contributed by atoms with Crippen LogP contribution < -0.4 is 5.14 Å².